The van der Waals surface area contributed by atoms with E-state index in [0.29, 0.717) is 13.2 Å². The predicted octanol–water partition coefficient (Wildman–Crippen LogP) is 1.37. The van der Waals surface area contributed by atoms with Crippen molar-refractivity contribution < 1.29 is 9.47 Å². The zero-order chi connectivity index (χ0) is 11.5. The Bertz CT molecular complexity index is 366. The van der Waals surface area contributed by atoms with Crippen LogP contribution < -0.4 is 15.2 Å². The Kier molecular flexibility index (Phi) is 3.31. The van der Waals surface area contributed by atoms with Crippen molar-refractivity contribution >= 4 is 0 Å². The van der Waals surface area contributed by atoms with Crippen molar-refractivity contribution in [3.05, 3.63) is 23.8 Å². The first-order chi connectivity index (χ1) is 7.68. The van der Waals surface area contributed by atoms with Gasteiger partial charge in [0.25, 0.3) is 0 Å². The Hall–Kier alpha value is -1.26. The van der Waals surface area contributed by atoms with Crippen LogP contribution in [0.15, 0.2) is 18.2 Å². The highest BCUT2D eigenvalue weighted by atomic mass is 16.5. The Balaban J connectivity index is 2.27. The summed E-state index contributed by atoms with van der Waals surface area (Å²) >= 11 is 0. The molecule has 0 aromatic heterocycles. The van der Waals surface area contributed by atoms with Crippen LogP contribution in [-0.2, 0) is 0 Å². The minimum absolute atomic E-state index is 0.114. The molecular formula is C12H18N2O2. The van der Waals surface area contributed by atoms with Crippen molar-refractivity contribution in [2.45, 2.75) is 12.6 Å². The second-order valence-corrected chi connectivity index (χ2v) is 4.17. The standard InChI is InChI=1S/C12H18N2O2/c1-14(2)12(13)9-4-5-10-11(8-9)16-7-3-6-15-10/h4-5,8,12H,3,6-7,13H2,1-2H3. The zero-order valence-electron chi connectivity index (χ0n) is 9.77. The van der Waals surface area contributed by atoms with E-state index in [0.717, 1.165) is 23.5 Å². The Labute approximate surface area is 95.9 Å². The minimum atomic E-state index is -0.114. The number of hydrogen-bond donors (Lipinski definition) is 1. The molecule has 1 atom stereocenters. The van der Waals surface area contributed by atoms with Crippen molar-refractivity contribution in [1.82, 2.24) is 4.90 Å². The van der Waals surface area contributed by atoms with E-state index in [1.165, 1.54) is 0 Å². The lowest BCUT2D eigenvalue weighted by Gasteiger charge is -2.20. The van der Waals surface area contributed by atoms with Crippen LogP contribution in [-0.4, -0.2) is 32.2 Å². The highest BCUT2D eigenvalue weighted by Crippen LogP contribution is 2.32. The van der Waals surface area contributed by atoms with Gasteiger partial charge in [0.15, 0.2) is 11.5 Å². The van der Waals surface area contributed by atoms with Crippen LogP contribution in [0.25, 0.3) is 0 Å². The molecule has 0 saturated carbocycles. The van der Waals surface area contributed by atoms with Crippen molar-refractivity contribution in [3.8, 4) is 11.5 Å². The molecule has 0 saturated heterocycles. The third kappa shape index (κ3) is 2.28. The van der Waals surface area contributed by atoms with Gasteiger partial charge in [-0.3, -0.25) is 4.90 Å². The molecule has 2 N–H and O–H groups in total. The maximum Gasteiger partial charge on any atom is 0.161 e. The van der Waals surface area contributed by atoms with Crippen molar-refractivity contribution in [1.29, 1.82) is 0 Å². The van der Waals surface area contributed by atoms with Gasteiger partial charge in [-0.2, -0.15) is 0 Å². The monoisotopic (exact) mass is 222 g/mol. The van der Waals surface area contributed by atoms with E-state index in [-0.39, 0.29) is 6.17 Å². The first-order valence-electron chi connectivity index (χ1n) is 5.50. The number of hydrogen-bond acceptors (Lipinski definition) is 4. The largest absolute Gasteiger partial charge is 0.490 e. The van der Waals surface area contributed by atoms with Crippen LogP contribution in [0.2, 0.25) is 0 Å². The van der Waals surface area contributed by atoms with Gasteiger partial charge in [-0.25, -0.2) is 0 Å². The lowest BCUT2D eigenvalue weighted by Crippen LogP contribution is -2.27. The number of fused-ring (bicyclic) bond motifs is 1. The molecule has 16 heavy (non-hydrogen) atoms. The van der Waals surface area contributed by atoms with E-state index < -0.39 is 0 Å². The first kappa shape index (κ1) is 11.2. The summed E-state index contributed by atoms with van der Waals surface area (Å²) in [7, 11) is 3.90. The average Bonchev–Trinajstić information content (AvgIpc) is 2.51. The summed E-state index contributed by atoms with van der Waals surface area (Å²) in [6, 6.07) is 5.88. The van der Waals surface area contributed by atoms with Crippen LogP contribution in [0.1, 0.15) is 18.2 Å². The first-order valence-corrected chi connectivity index (χ1v) is 5.50. The highest BCUT2D eigenvalue weighted by molar-refractivity contribution is 5.44. The quantitative estimate of drug-likeness (QED) is 0.768. The molecule has 88 valence electrons. The fraction of sp³-hybridized carbons (Fsp3) is 0.500. The smallest absolute Gasteiger partial charge is 0.161 e. The molecule has 0 spiro atoms. The lowest BCUT2D eigenvalue weighted by molar-refractivity contribution is 0.295. The molecule has 4 heteroatoms. The molecule has 1 aliphatic rings. The van der Waals surface area contributed by atoms with E-state index in [1.54, 1.807) is 0 Å². The second-order valence-electron chi connectivity index (χ2n) is 4.17. The molecule has 0 amide bonds. The number of ether oxygens (including phenoxy) is 2. The molecule has 4 nitrogen and oxygen atoms in total. The summed E-state index contributed by atoms with van der Waals surface area (Å²) in [5.41, 5.74) is 7.08. The van der Waals surface area contributed by atoms with Gasteiger partial charge in [-0.1, -0.05) is 6.07 Å². The van der Waals surface area contributed by atoms with Gasteiger partial charge < -0.3 is 15.2 Å². The third-order valence-electron chi connectivity index (χ3n) is 2.67. The molecule has 0 bridgehead atoms. The molecule has 1 aliphatic heterocycles. The Morgan fingerprint density at radius 2 is 1.88 bits per heavy atom. The molecule has 1 aromatic carbocycles. The molecule has 0 aliphatic carbocycles. The number of nitrogens with two attached hydrogens (primary N) is 1. The van der Waals surface area contributed by atoms with Gasteiger partial charge in [0.1, 0.15) is 0 Å². The minimum Gasteiger partial charge on any atom is -0.490 e. The molecule has 1 unspecified atom stereocenters. The van der Waals surface area contributed by atoms with Gasteiger partial charge in [0, 0.05) is 6.42 Å². The van der Waals surface area contributed by atoms with Gasteiger partial charge in [-0.15, -0.1) is 0 Å². The van der Waals surface area contributed by atoms with Crippen molar-refractivity contribution in [2.24, 2.45) is 5.73 Å². The summed E-state index contributed by atoms with van der Waals surface area (Å²) in [5.74, 6) is 1.61. The Morgan fingerprint density at radius 1 is 1.19 bits per heavy atom. The SMILES string of the molecule is CN(C)C(N)c1ccc2c(c1)OCCCO2. The van der Waals surface area contributed by atoms with E-state index in [1.807, 2.05) is 37.2 Å². The van der Waals surface area contributed by atoms with Gasteiger partial charge in [0.2, 0.25) is 0 Å². The van der Waals surface area contributed by atoms with Gasteiger partial charge in [0.05, 0.1) is 19.4 Å². The van der Waals surface area contributed by atoms with Crippen LogP contribution in [0, 0.1) is 0 Å². The molecule has 0 radical (unpaired) electrons. The topological polar surface area (TPSA) is 47.7 Å². The van der Waals surface area contributed by atoms with Crippen molar-refractivity contribution in [3.63, 3.8) is 0 Å². The van der Waals surface area contributed by atoms with Crippen LogP contribution in [0.3, 0.4) is 0 Å². The lowest BCUT2D eigenvalue weighted by atomic mass is 10.1. The van der Waals surface area contributed by atoms with E-state index >= 15 is 0 Å². The fourth-order valence-electron chi connectivity index (χ4n) is 1.66. The third-order valence-corrected chi connectivity index (χ3v) is 2.67. The van der Waals surface area contributed by atoms with Gasteiger partial charge >= 0.3 is 0 Å². The van der Waals surface area contributed by atoms with E-state index in [2.05, 4.69) is 0 Å². The summed E-state index contributed by atoms with van der Waals surface area (Å²) in [4.78, 5) is 1.96. The number of nitrogens with zero attached hydrogens (tertiary/aromatic N) is 1. The molecule has 1 aromatic rings. The predicted molar refractivity (Wildman–Crippen MR) is 62.7 cm³/mol. The molecular weight excluding hydrogens is 204 g/mol. The second kappa shape index (κ2) is 4.72. The molecule has 1 heterocycles. The maximum absolute atomic E-state index is 6.04. The highest BCUT2D eigenvalue weighted by Gasteiger charge is 2.14. The van der Waals surface area contributed by atoms with Gasteiger partial charge in [-0.05, 0) is 31.8 Å². The average molecular weight is 222 g/mol. The summed E-state index contributed by atoms with van der Waals surface area (Å²) < 4.78 is 11.2. The number of rotatable bonds is 2. The van der Waals surface area contributed by atoms with Crippen molar-refractivity contribution in [2.75, 3.05) is 27.3 Å². The number of benzene rings is 1. The molecule has 0 fully saturated rings. The fourth-order valence-corrected chi connectivity index (χ4v) is 1.66. The zero-order valence-corrected chi connectivity index (χ0v) is 9.77. The summed E-state index contributed by atoms with van der Waals surface area (Å²) in [5, 5.41) is 0. The normalized spacial score (nSPS) is 17.0. The van der Waals surface area contributed by atoms with Crippen LogP contribution in [0.5, 0.6) is 11.5 Å². The van der Waals surface area contributed by atoms with E-state index in [4.69, 9.17) is 15.2 Å². The molecule has 2 rings (SSSR count). The maximum atomic E-state index is 6.04. The van der Waals surface area contributed by atoms with E-state index in [9.17, 15) is 0 Å². The Morgan fingerprint density at radius 3 is 2.56 bits per heavy atom. The van der Waals surface area contributed by atoms with Crippen LogP contribution >= 0.6 is 0 Å². The summed E-state index contributed by atoms with van der Waals surface area (Å²) in [6.07, 6.45) is 0.807. The van der Waals surface area contributed by atoms with Crippen LogP contribution in [0.4, 0.5) is 0 Å². The summed E-state index contributed by atoms with van der Waals surface area (Å²) in [6.45, 7) is 1.42.